The molecular weight excluding hydrogens is 516 g/mol. The summed E-state index contributed by atoms with van der Waals surface area (Å²) >= 11 is 1.44. The number of hydrogen-bond acceptors (Lipinski definition) is 5. The number of thiophene rings is 1. The lowest BCUT2D eigenvalue weighted by molar-refractivity contribution is -0.149. The summed E-state index contributed by atoms with van der Waals surface area (Å²) in [6, 6.07) is 16.9. The Kier molecular flexibility index (Phi) is 8.98. The van der Waals surface area contributed by atoms with Crippen LogP contribution < -0.4 is 10.6 Å². The summed E-state index contributed by atoms with van der Waals surface area (Å²) in [5, 5.41) is 17.1. The highest BCUT2D eigenvalue weighted by molar-refractivity contribution is 7.10. The summed E-state index contributed by atoms with van der Waals surface area (Å²) < 4.78 is 0. The Morgan fingerprint density at radius 3 is 2.36 bits per heavy atom. The van der Waals surface area contributed by atoms with E-state index < -0.39 is 30.1 Å². The van der Waals surface area contributed by atoms with Crippen molar-refractivity contribution >= 4 is 40.8 Å². The van der Waals surface area contributed by atoms with Gasteiger partial charge in [0, 0.05) is 23.7 Å². The Hall–Kier alpha value is -4.18. The van der Waals surface area contributed by atoms with Crippen LogP contribution in [0.3, 0.4) is 0 Å². The van der Waals surface area contributed by atoms with Crippen molar-refractivity contribution in [1.82, 2.24) is 15.1 Å². The number of hydrogen-bond donors (Lipinski definition) is 3. The van der Waals surface area contributed by atoms with E-state index in [9.17, 15) is 24.3 Å². The highest BCUT2D eigenvalue weighted by atomic mass is 32.1. The number of amides is 4. The number of nitrogens with zero attached hydrogens (tertiary/aromatic N) is 2. The molecule has 9 nitrogen and oxygen atoms in total. The first-order valence-corrected chi connectivity index (χ1v) is 13.6. The summed E-state index contributed by atoms with van der Waals surface area (Å²) in [5.74, 6) is -1.97. The average molecular weight is 549 g/mol. The normalized spacial score (nSPS) is 15.9. The van der Waals surface area contributed by atoms with Gasteiger partial charge < -0.3 is 20.6 Å². The van der Waals surface area contributed by atoms with E-state index in [1.165, 1.54) is 21.1 Å². The van der Waals surface area contributed by atoms with Gasteiger partial charge in [0.1, 0.15) is 0 Å². The molecule has 204 valence electrons. The van der Waals surface area contributed by atoms with Crippen molar-refractivity contribution in [3.05, 3.63) is 87.6 Å². The van der Waals surface area contributed by atoms with Gasteiger partial charge in [-0.2, -0.15) is 0 Å². The third kappa shape index (κ3) is 7.23. The number of carbonyl (C=O) groups is 4. The second-order valence-electron chi connectivity index (χ2n) is 9.64. The summed E-state index contributed by atoms with van der Waals surface area (Å²) in [7, 11) is 0. The second kappa shape index (κ2) is 12.6. The molecule has 39 heavy (non-hydrogen) atoms. The molecule has 0 radical (unpaired) electrons. The molecule has 10 heteroatoms. The molecule has 1 aromatic heterocycles. The number of urea groups is 1. The zero-order chi connectivity index (χ0) is 27.9. The summed E-state index contributed by atoms with van der Waals surface area (Å²) in [6.45, 7) is 4.34. The number of benzene rings is 2. The zero-order valence-electron chi connectivity index (χ0n) is 21.9. The van der Waals surface area contributed by atoms with Crippen LogP contribution in [0, 0.1) is 13.8 Å². The van der Waals surface area contributed by atoms with Gasteiger partial charge in [0.2, 0.25) is 5.91 Å². The van der Waals surface area contributed by atoms with Crippen LogP contribution in [0.5, 0.6) is 0 Å². The van der Waals surface area contributed by atoms with Crippen molar-refractivity contribution in [2.75, 3.05) is 18.4 Å². The van der Waals surface area contributed by atoms with Crippen molar-refractivity contribution in [2.24, 2.45) is 0 Å². The topological polar surface area (TPSA) is 119 Å². The van der Waals surface area contributed by atoms with Crippen LogP contribution in [0.1, 0.15) is 40.5 Å². The number of carboxylic acids is 1. The van der Waals surface area contributed by atoms with Gasteiger partial charge in [0.05, 0.1) is 18.9 Å². The molecule has 2 unspecified atom stereocenters. The molecular formula is C29H32N4O5S. The predicted octanol–water partition coefficient (Wildman–Crippen LogP) is 4.33. The van der Waals surface area contributed by atoms with Gasteiger partial charge in [-0.1, -0.05) is 48.0 Å². The molecule has 3 aromatic rings. The lowest BCUT2D eigenvalue weighted by Crippen LogP contribution is -2.64. The molecule has 2 atom stereocenters. The fraction of sp³-hybridized carbons (Fsp3) is 0.310. The Balaban J connectivity index is 1.64. The number of rotatable bonds is 8. The van der Waals surface area contributed by atoms with Gasteiger partial charge in [-0.3, -0.25) is 19.3 Å². The van der Waals surface area contributed by atoms with E-state index in [1.54, 1.807) is 18.2 Å². The van der Waals surface area contributed by atoms with Crippen LogP contribution in [0.2, 0.25) is 0 Å². The minimum Gasteiger partial charge on any atom is -0.481 e. The van der Waals surface area contributed by atoms with E-state index in [0.717, 1.165) is 16.0 Å². The Bertz CT molecular complexity index is 1340. The maximum absolute atomic E-state index is 13.9. The first kappa shape index (κ1) is 27.8. The standard InChI is InChI=1S/C29H32N4O5S/c1-19-7-3-9-21(15-19)24(18-26(35)36)31-27(37)28-32(25(34)17-23-11-5-14-39-23)12-6-13-33(28)29(38)30-22-10-4-8-20(2)16-22/h3-5,7-11,14-16,24,28H,6,12-13,17-18H2,1-2H3,(H,30,38)(H,31,37)(H,35,36). The number of aryl methyl sites for hydroxylation is 2. The van der Waals surface area contributed by atoms with Crippen molar-refractivity contribution in [3.63, 3.8) is 0 Å². The second-order valence-corrected chi connectivity index (χ2v) is 10.7. The van der Waals surface area contributed by atoms with E-state index in [2.05, 4.69) is 10.6 Å². The van der Waals surface area contributed by atoms with Crippen LogP contribution in [0.15, 0.2) is 66.0 Å². The minimum atomic E-state index is -1.24. The van der Waals surface area contributed by atoms with E-state index in [-0.39, 0.29) is 25.3 Å². The van der Waals surface area contributed by atoms with Gasteiger partial charge >= 0.3 is 12.0 Å². The van der Waals surface area contributed by atoms with Crippen LogP contribution >= 0.6 is 11.3 Å². The Labute approximate surface area is 231 Å². The predicted molar refractivity (Wildman–Crippen MR) is 149 cm³/mol. The highest BCUT2D eigenvalue weighted by Crippen LogP contribution is 2.23. The third-order valence-electron chi connectivity index (χ3n) is 6.52. The smallest absolute Gasteiger partial charge is 0.323 e. The maximum atomic E-state index is 13.9. The van der Waals surface area contributed by atoms with Crippen molar-refractivity contribution < 1.29 is 24.3 Å². The monoisotopic (exact) mass is 548 g/mol. The summed E-state index contributed by atoms with van der Waals surface area (Å²) in [6.07, 6.45) is -0.985. The van der Waals surface area contributed by atoms with Gasteiger partial charge in [-0.15, -0.1) is 11.3 Å². The number of aliphatic carboxylic acids is 1. The van der Waals surface area contributed by atoms with Gasteiger partial charge in [0.15, 0.2) is 6.17 Å². The number of nitrogens with one attached hydrogen (secondary N) is 2. The van der Waals surface area contributed by atoms with Crippen LogP contribution in [0.25, 0.3) is 0 Å². The van der Waals surface area contributed by atoms with E-state index in [4.69, 9.17) is 0 Å². The first-order chi connectivity index (χ1) is 18.7. The lowest BCUT2D eigenvalue weighted by Gasteiger charge is -2.43. The number of carbonyl (C=O) groups excluding carboxylic acids is 3. The van der Waals surface area contributed by atoms with Gasteiger partial charge in [0.25, 0.3) is 5.91 Å². The van der Waals surface area contributed by atoms with Crippen LogP contribution in [0.4, 0.5) is 10.5 Å². The van der Waals surface area contributed by atoms with E-state index >= 15 is 0 Å². The molecule has 2 aromatic carbocycles. The first-order valence-electron chi connectivity index (χ1n) is 12.8. The molecule has 1 fully saturated rings. The Morgan fingerprint density at radius 1 is 0.974 bits per heavy atom. The van der Waals surface area contributed by atoms with Crippen LogP contribution in [-0.2, 0) is 20.8 Å². The van der Waals surface area contributed by atoms with Crippen molar-refractivity contribution in [3.8, 4) is 0 Å². The molecule has 4 amide bonds. The largest absolute Gasteiger partial charge is 0.481 e. The molecule has 0 spiro atoms. The molecule has 0 saturated carbocycles. The van der Waals surface area contributed by atoms with Gasteiger partial charge in [-0.25, -0.2) is 4.79 Å². The molecule has 0 aliphatic carbocycles. The van der Waals surface area contributed by atoms with Gasteiger partial charge in [-0.05, 0) is 55.0 Å². The molecule has 1 aliphatic heterocycles. The molecule has 4 rings (SSSR count). The average Bonchev–Trinajstić information content (AvgIpc) is 3.40. The molecule has 0 bridgehead atoms. The molecule has 3 N–H and O–H groups in total. The van der Waals surface area contributed by atoms with E-state index in [0.29, 0.717) is 24.2 Å². The fourth-order valence-electron chi connectivity index (χ4n) is 4.72. The van der Waals surface area contributed by atoms with Crippen molar-refractivity contribution in [1.29, 1.82) is 0 Å². The highest BCUT2D eigenvalue weighted by Gasteiger charge is 2.41. The SMILES string of the molecule is Cc1cccc(NC(=O)N2CCCN(C(=O)Cc3cccs3)C2C(=O)NC(CC(=O)O)c2cccc(C)c2)c1. The zero-order valence-corrected chi connectivity index (χ0v) is 22.7. The molecule has 1 aliphatic rings. The van der Waals surface area contributed by atoms with E-state index in [1.807, 2.05) is 61.7 Å². The Morgan fingerprint density at radius 2 is 1.69 bits per heavy atom. The summed E-state index contributed by atoms with van der Waals surface area (Å²) in [4.78, 5) is 56.1. The third-order valence-corrected chi connectivity index (χ3v) is 7.40. The quantitative estimate of drug-likeness (QED) is 0.387. The van der Waals surface area contributed by atoms with Crippen LogP contribution in [-0.4, -0.2) is 58.0 Å². The number of carboxylic acid groups (broad SMARTS) is 1. The van der Waals surface area contributed by atoms with Crippen molar-refractivity contribution in [2.45, 2.75) is 45.3 Å². The minimum absolute atomic E-state index is 0.102. The maximum Gasteiger partial charge on any atom is 0.323 e. The molecule has 1 saturated heterocycles. The molecule has 2 heterocycles. The lowest BCUT2D eigenvalue weighted by atomic mass is 10.0. The number of anilines is 1. The fourth-order valence-corrected chi connectivity index (χ4v) is 5.42. The summed E-state index contributed by atoms with van der Waals surface area (Å²) in [5.41, 5.74) is 3.09.